The lowest BCUT2D eigenvalue weighted by Gasteiger charge is -2.38. The molecular weight excluding hydrogens is 359 g/mol. The van der Waals surface area contributed by atoms with Gasteiger partial charge < -0.3 is 9.80 Å². The van der Waals surface area contributed by atoms with Crippen molar-refractivity contribution in [2.24, 2.45) is 4.76 Å². The highest BCUT2D eigenvalue weighted by Crippen LogP contribution is 2.56. The molecule has 6 heteroatoms. The van der Waals surface area contributed by atoms with Gasteiger partial charge in [-0.05, 0) is 23.8 Å². The molecule has 0 aliphatic carbocycles. The molecule has 0 fully saturated rings. The van der Waals surface area contributed by atoms with E-state index in [4.69, 9.17) is 16.6 Å². The fourth-order valence-corrected chi connectivity index (χ4v) is 7.75. The van der Waals surface area contributed by atoms with Gasteiger partial charge in [-0.25, -0.2) is 4.76 Å². The maximum absolute atomic E-state index is 6.30. The molecule has 2 aliphatic rings. The summed E-state index contributed by atoms with van der Waals surface area (Å²) in [6.07, 6.45) is -2.19. The second-order valence-electron chi connectivity index (χ2n) is 6.92. The maximum Gasteiger partial charge on any atom is 0.153 e. The minimum atomic E-state index is -2.19. The summed E-state index contributed by atoms with van der Waals surface area (Å²) in [4.78, 5) is 4.50. The third-order valence-corrected chi connectivity index (χ3v) is 9.59. The molecule has 0 saturated heterocycles. The smallest absolute Gasteiger partial charge is 0.153 e. The fourth-order valence-electron chi connectivity index (χ4n) is 3.83. The second kappa shape index (κ2) is 6.49. The van der Waals surface area contributed by atoms with Crippen LogP contribution in [0.5, 0.6) is 0 Å². The van der Waals surface area contributed by atoms with Gasteiger partial charge in [-0.3, -0.25) is 4.67 Å². The molecule has 2 aromatic carbocycles. The highest BCUT2D eigenvalue weighted by molar-refractivity contribution is 8.16. The van der Waals surface area contributed by atoms with Crippen molar-refractivity contribution in [3.05, 3.63) is 53.6 Å². The molecule has 2 heterocycles. The molecule has 2 aromatic rings. The molecule has 26 heavy (non-hydrogen) atoms. The Bertz CT molecular complexity index is 933. The van der Waals surface area contributed by atoms with E-state index in [9.17, 15) is 0 Å². The van der Waals surface area contributed by atoms with Gasteiger partial charge >= 0.3 is 0 Å². The van der Waals surface area contributed by atoms with Crippen molar-refractivity contribution >= 4 is 40.7 Å². The molecule has 1 atom stereocenters. The quantitative estimate of drug-likeness (QED) is 0.748. The predicted octanol–water partition coefficient (Wildman–Crippen LogP) is 3.81. The van der Waals surface area contributed by atoms with Crippen molar-refractivity contribution in [1.82, 2.24) is 4.67 Å². The number of rotatable bonds is 4. The number of hydrogen-bond donors (Lipinski definition) is 0. The van der Waals surface area contributed by atoms with Crippen LogP contribution in [0.3, 0.4) is 0 Å². The Hall–Kier alpha value is -1.68. The highest BCUT2D eigenvalue weighted by Gasteiger charge is 2.39. The number of fused-ring (bicyclic) bond motifs is 5. The van der Waals surface area contributed by atoms with Gasteiger partial charge in [0, 0.05) is 43.7 Å². The molecule has 2 aliphatic heterocycles. The Kier molecular flexibility index (Phi) is 4.42. The summed E-state index contributed by atoms with van der Waals surface area (Å²) < 4.78 is 7.63. The Morgan fingerprint density at radius 1 is 1.12 bits per heavy atom. The van der Waals surface area contributed by atoms with Crippen molar-refractivity contribution in [2.75, 3.05) is 37.0 Å². The topological polar surface area (TPSA) is 22.1 Å². The molecule has 136 valence electrons. The molecule has 0 amide bonds. The lowest BCUT2D eigenvalue weighted by atomic mass is 10.1. The van der Waals surface area contributed by atoms with Crippen molar-refractivity contribution in [3.8, 4) is 0 Å². The zero-order valence-electron chi connectivity index (χ0n) is 15.8. The standard InChI is InChI=1S/C20H25N4PS/c1-5-23(6-2)25(26)19-12-11-16(22(3)4)13-18(19)24-14-15-9-7-8-10-17(15)20(24)21-25/h7-13H,5-6,14H2,1-4H3/t25-/m0/s1. The molecule has 0 radical (unpaired) electrons. The van der Waals surface area contributed by atoms with Crippen molar-refractivity contribution in [2.45, 2.75) is 20.4 Å². The largest absolute Gasteiger partial charge is 0.378 e. The Balaban J connectivity index is 1.98. The normalized spacial score (nSPS) is 20.5. The number of benzene rings is 2. The van der Waals surface area contributed by atoms with E-state index in [0.717, 1.165) is 25.5 Å². The van der Waals surface area contributed by atoms with Gasteiger partial charge in [-0.1, -0.05) is 49.9 Å². The third kappa shape index (κ3) is 2.53. The van der Waals surface area contributed by atoms with Crippen LogP contribution in [0.1, 0.15) is 25.0 Å². The van der Waals surface area contributed by atoms with E-state index in [2.05, 4.69) is 84.9 Å². The summed E-state index contributed by atoms with van der Waals surface area (Å²) >= 11 is 6.30. The average molecular weight is 384 g/mol. The average Bonchev–Trinajstić information content (AvgIpc) is 3.01. The first-order chi connectivity index (χ1) is 12.5. The SMILES string of the molecule is CCN(CC)[P@@]1(=S)N=C2c3ccccc3CN2c2cc(N(C)C)ccc21. The number of hydrogen-bond acceptors (Lipinski definition) is 3. The van der Waals surface area contributed by atoms with Gasteiger partial charge in [0.05, 0.1) is 12.2 Å². The van der Waals surface area contributed by atoms with Crippen LogP contribution in [-0.4, -0.2) is 37.7 Å². The number of amidine groups is 1. The Morgan fingerprint density at radius 2 is 1.85 bits per heavy atom. The fraction of sp³-hybridized carbons (Fsp3) is 0.350. The first-order valence-corrected chi connectivity index (χ1v) is 11.8. The molecule has 4 rings (SSSR count). The van der Waals surface area contributed by atoms with Crippen molar-refractivity contribution in [1.29, 1.82) is 0 Å². The minimum absolute atomic E-state index is 0.868. The zero-order valence-corrected chi connectivity index (χ0v) is 17.5. The highest BCUT2D eigenvalue weighted by atomic mass is 32.4. The predicted molar refractivity (Wildman–Crippen MR) is 117 cm³/mol. The number of nitrogens with zero attached hydrogens (tertiary/aromatic N) is 4. The van der Waals surface area contributed by atoms with Crippen LogP contribution in [0.2, 0.25) is 0 Å². The van der Waals surface area contributed by atoms with E-state index in [1.54, 1.807) is 0 Å². The monoisotopic (exact) mass is 384 g/mol. The molecule has 0 unspecified atom stereocenters. The third-order valence-electron chi connectivity index (χ3n) is 5.27. The van der Waals surface area contributed by atoms with Gasteiger partial charge in [0.25, 0.3) is 0 Å². The minimum Gasteiger partial charge on any atom is -0.378 e. The van der Waals surface area contributed by atoms with Gasteiger partial charge in [0.15, 0.2) is 6.34 Å². The number of anilines is 2. The molecule has 4 nitrogen and oxygen atoms in total. The molecule has 0 spiro atoms. The first-order valence-electron chi connectivity index (χ1n) is 9.13. The van der Waals surface area contributed by atoms with Gasteiger partial charge in [-0.2, -0.15) is 0 Å². The van der Waals surface area contributed by atoms with E-state index >= 15 is 0 Å². The van der Waals surface area contributed by atoms with E-state index in [-0.39, 0.29) is 0 Å². The van der Waals surface area contributed by atoms with E-state index in [1.165, 1.54) is 27.8 Å². The lowest BCUT2D eigenvalue weighted by Crippen LogP contribution is -2.37. The Labute approximate surface area is 161 Å². The summed E-state index contributed by atoms with van der Waals surface area (Å²) in [6.45, 7) is 7.07. The molecule has 0 saturated carbocycles. The first kappa shape index (κ1) is 17.7. The van der Waals surface area contributed by atoms with Gasteiger partial charge in [0.2, 0.25) is 0 Å². The lowest BCUT2D eigenvalue weighted by molar-refractivity contribution is 0.509. The van der Waals surface area contributed by atoms with E-state index in [0.29, 0.717) is 0 Å². The van der Waals surface area contributed by atoms with Crippen LogP contribution in [0.25, 0.3) is 0 Å². The molecule has 0 aromatic heterocycles. The van der Waals surface area contributed by atoms with Crippen LogP contribution in [0.15, 0.2) is 47.2 Å². The van der Waals surface area contributed by atoms with E-state index in [1.807, 2.05) is 0 Å². The van der Waals surface area contributed by atoms with Crippen LogP contribution in [0.4, 0.5) is 11.4 Å². The van der Waals surface area contributed by atoms with E-state index < -0.39 is 6.34 Å². The zero-order chi connectivity index (χ0) is 18.5. The van der Waals surface area contributed by atoms with Crippen molar-refractivity contribution < 1.29 is 0 Å². The Morgan fingerprint density at radius 3 is 2.54 bits per heavy atom. The summed E-state index contributed by atoms with van der Waals surface area (Å²) in [5.74, 6) is 1.05. The molecule has 0 bridgehead atoms. The maximum atomic E-state index is 6.30. The van der Waals surface area contributed by atoms with Crippen LogP contribution >= 0.6 is 6.34 Å². The summed E-state index contributed by atoms with van der Waals surface area (Å²) in [6, 6.07) is 15.2. The van der Waals surface area contributed by atoms with Crippen LogP contribution in [0, 0.1) is 0 Å². The van der Waals surface area contributed by atoms with Crippen molar-refractivity contribution in [3.63, 3.8) is 0 Å². The summed E-state index contributed by atoms with van der Waals surface area (Å²) in [5.41, 5.74) is 4.99. The van der Waals surface area contributed by atoms with Crippen LogP contribution < -0.4 is 15.1 Å². The van der Waals surface area contributed by atoms with Crippen LogP contribution in [-0.2, 0) is 18.4 Å². The summed E-state index contributed by atoms with van der Waals surface area (Å²) in [5, 5.41) is 1.22. The van der Waals surface area contributed by atoms with Gasteiger partial charge in [0.1, 0.15) is 5.84 Å². The summed E-state index contributed by atoms with van der Waals surface area (Å²) in [7, 11) is 4.16. The molecule has 0 N–H and O–H groups in total. The second-order valence-corrected chi connectivity index (χ2v) is 10.8. The molecular formula is C20H25N4PS. The van der Waals surface area contributed by atoms with Gasteiger partial charge in [-0.15, -0.1) is 0 Å².